The third kappa shape index (κ3) is 2.68. The average molecular weight is 249 g/mol. The topological polar surface area (TPSA) is 39.1 Å². The van der Waals surface area contributed by atoms with Crippen LogP contribution in [0.25, 0.3) is 5.69 Å². The Bertz CT molecular complexity index is 525. The van der Waals surface area contributed by atoms with E-state index in [0.717, 1.165) is 11.6 Å². The van der Waals surface area contributed by atoms with Gasteiger partial charge in [0.25, 0.3) is 0 Å². The summed E-state index contributed by atoms with van der Waals surface area (Å²) in [6.45, 7) is 3.02. The summed E-state index contributed by atoms with van der Waals surface area (Å²) in [4.78, 5) is 4.22. The molecule has 5 heteroatoms. The molecule has 0 aliphatic heterocycles. The Labute approximate surface area is 105 Å². The Hall–Kier alpha value is -1.88. The number of hydrogen-bond acceptors (Lipinski definition) is 3. The van der Waals surface area contributed by atoms with Gasteiger partial charge in [-0.05, 0) is 30.7 Å². The van der Waals surface area contributed by atoms with Gasteiger partial charge in [0.1, 0.15) is 5.82 Å². The first-order valence-corrected chi connectivity index (χ1v) is 5.75. The number of aryl methyl sites for hydroxylation is 1. The molecule has 0 spiro atoms. The lowest BCUT2D eigenvalue weighted by Gasteiger charge is -2.10. The van der Waals surface area contributed by atoms with Crippen molar-refractivity contribution >= 4 is 5.95 Å². The smallest absolute Gasteiger partial charge is 0.207 e. The molecule has 0 amide bonds. The van der Waals surface area contributed by atoms with E-state index >= 15 is 0 Å². The molecule has 0 radical (unpaired) electrons. The maximum Gasteiger partial charge on any atom is 0.207 e. The minimum Gasteiger partial charge on any atom is -0.383 e. The van der Waals surface area contributed by atoms with E-state index < -0.39 is 0 Å². The van der Waals surface area contributed by atoms with Crippen molar-refractivity contribution in [3.05, 3.63) is 42.0 Å². The maximum atomic E-state index is 13.2. The van der Waals surface area contributed by atoms with Gasteiger partial charge >= 0.3 is 0 Å². The summed E-state index contributed by atoms with van der Waals surface area (Å²) in [7, 11) is 1.65. The fourth-order valence-electron chi connectivity index (χ4n) is 1.69. The van der Waals surface area contributed by atoms with Gasteiger partial charge in [-0.1, -0.05) is 0 Å². The van der Waals surface area contributed by atoms with Crippen molar-refractivity contribution in [3.8, 4) is 5.69 Å². The Morgan fingerprint density at radius 3 is 3.00 bits per heavy atom. The van der Waals surface area contributed by atoms with Gasteiger partial charge < -0.3 is 10.1 Å². The summed E-state index contributed by atoms with van der Waals surface area (Å²) >= 11 is 0. The summed E-state index contributed by atoms with van der Waals surface area (Å²) < 4.78 is 20.1. The Morgan fingerprint density at radius 2 is 2.28 bits per heavy atom. The zero-order valence-corrected chi connectivity index (χ0v) is 10.5. The molecule has 0 saturated carbocycles. The average Bonchev–Trinajstić information content (AvgIpc) is 2.81. The van der Waals surface area contributed by atoms with Crippen molar-refractivity contribution in [1.29, 1.82) is 0 Å². The minimum atomic E-state index is -0.201. The van der Waals surface area contributed by atoms with Crippen LogP contribution in [0.2, 0.25) is 0 Å². The van der Waals surface area contributed by atoms with Gasteiger partial charge in [0.15, 0.2) is 0 Å². The Balaban J connectivity index is 2.22. The van der Waals surface area contributed by atoms with Crippen LogP contribution in [0.3, 0.4) is 0 Å². The molecule has 0 saturated heterocycles. The number of rotatable bonds is 5. The number of hydrogen-bond donors (Lipinski definition) is 1. The highest BCUT2D eigenvalue weighted by Crippen LogP contribution is 2.17. The van der Waals surface area contributed by atoms with E-state index in [-0.39, 0.29) is 5.82 Å². The first-order chi connectivity index (χ1) is 8.72. The molecule has 0 fully saturated rings. The zero-order valence-electron chi connectivity index (χ0n) is 10.5. The van der Waals surface area contributed by atoms with Gasteiger partial charge in [0, 0.05) is 31.7 Å². The molecule has 2 rings (SSSR count). The van der Waals surface area contributed by atoms with E-state index in [2.05, 4.69) is 10.3 Å². The number of halogens is 1. The molecule has 0 aliphatic rings. The fourth-order valence-corrected chi connectivity index (χ4v) is 1.69. The standard InChI is InChI=1S/C13H16FN3O/c1-10-9-11(3-4-12(10)14)17-7-5-15-13(17)16-6-8-18-2/h3-5,7,9H,6,8H2,1-2H3,(H,15,16). The molecule has 2 aromatic rings. The highest BCUT2D eigenvalue weighted by atomic mass is 19.1. The van der Waals surface area contributed by atoms with Crippen molar-refractivity contribution in [3.63, 3.8) is 0 Å². The quantitative estimate of drug-likeness (QED) is 0.827. The molecular weight excluding hydrogens is 233 g/mol. The normalized spacial score (nSPS) is 10.6. The number of ether oxygens (including phenoxy) is 1. The second kappa shape index (κ2) is 5.64. The minimum absolute atomic E-state index is 0.201. The molecule has 0 unspecified atom stereocenters. The van der Waals surface area contributed by atoms with Gasteiger partial charge in [-0.2, -0.15) is 0 Å². The number of nitrogens with zero attached hydrogens (tertiary/aromatic N) is 2. The summed E-state index contributed by atoms with van der Waals surface area (Å²) in [6, 6.07) is 4.98. The van der Waals surface area contributed by atoms with Crippen molar-refractivity contribution in [1.82, 2.24) is 9.55 Å². The monoisotopic (exact) mass is 249 g/mol. The highest BCUT2D eigenvalue weighted by Gasteiger charge is 2.06. The second-order valence-electron chi connectivity index (χ2n) is 3.97. The van der Waals surface area contributed by atoms with E-state index in [1.165, 1.54) is 6.07 Å². The van der Waals surface area contributed by atoms with Crippen LogP contribution in [0.1, 0.15) is 5.56 Å². The van der Waals surface area contributed by atoms with Crippen LogP contribution in [0.5, 0.6) is 0 Å². The maximum absolute atomic E-state index is 13.2. The van der Waals surface area contributed by atoms with Crippen LogP contribution in [0.4, 0.5) is 10.3 Å². The Morgan fingerprint density at radius 1 is 1.44 bits per heavy atom. The molecule has 1 heterocycles. The lowest BCUT2D eigenvalue weighted by atomic mass is 10.2. The van der Waals surface area contributed by atoms with Crippen molar-refractivity contribution in [2.24, 2.45) is 0 Å². The Kier molecular flexibility index (Phi) is 3.94. The molecule has 1 aromatic heterocycles. The molecule has 0 bridgehead atoms. The van der Waals surface area contributed by atoms with Crippen LogP contribution in [0.15, 0.2) is 30.6 Å². The van der Waals surface area contributed by atoms with Gasteiger partial charge in [0.2, 0.25) is 5.95 Å². The van der Waals surface area contributed by atoms with E-state index in [0.29, 0.717) is 18.7 Å². The summed E-state index contributed by atoms with van der Waals surface area (Å²) in [5.41, 5.74) is 1.50. The van der Waals surface area contributed by atoms with E-state index in [4.69, 9.17) is 4.74 Å². The van der Waals surface area contributed by atoms with Crippen LogP contribution in [-0.4, -0.2) is 29.8 Å². The predicted molar refractivity (Wildman–Crippen MR) is 68.6 cm³/mol. The number of aromatic nitrogens is 2. The second-order valence-corrected chi connectivity index (χ2v) is 3.97. The van der Waals surface area contributed by atoms with Crippen LogP contribution >= 0.6 is 0 Å². The summed E-state index contributed by atoms with van der Waals surface area (Å²) in [6.07, 6.45) is 3.54. The number of imidazole rings is 1. The van der Waals surface area contributed by atoms with Gasteiger partial charge in [-0.25, -0.2) is 9.37 Å². The zero-order chi connectivity index (χ0) is 13.0. The fraction of sp³-hybridized carbons (Fsp3) is 0.308. The van der Waals surface area contributed by atoms with E-state index in [1.807, 2.05) is 10.8 Å². The van der Waals surface area contributed by atoms with Crippen LogP contribution < -0.4 is 5.32 Å². The molecule has 4 nitrogen and oxygen atoms in total. The predicted octanol–water partition coefficient (Wildman–Crippen LogP) is 2.38. The number of nitrogens with one attached hydrogen (secondary N) is 1. The lowest BCUT2D eigenvalue weighted by molar-refractivity contribution is 0.210. The number of benzene rings is 1. The molecule has 1 aromatic carbocycles. The molecular formula is C13H16FN3O. The van der Waals surface area contributed by atoms with E-state index in [9.17, 15) is 4.39 Å². The molecule has 0 aliphatic carbocycles. The molecule has 18 heavy (non-hydrogen) atoms. The summed E-state index contributed by atoms with van der Waals surface area (Å²) in [5.74, 6) is 0.519. The van der Waals surface area contributed by atoms with E-state index in [1.54, 1.807) is 32.4 Å². The molecule has 0 atom stereocenters. The lowest BCUT2D eigenvalue weighted by Crippen LogP contribution is -2.11. The highest BCUT2D eigenvalue weighted by molar-refractivity contribution is 5.43. The molecule has 1 N–H and O–H groups in total. The van der Waals surface area contributed by atoms with Crippen molar-refractivity contribution in [2.75, 3.05) is 25.6 Å². The van der Waals surface area contributed by atoms with Gasteiger partial charge in [-0.3, -0.25) is 4.57 Å². The van der Waals surface area contributed by atoms with Crippen molar-refractivity contribution < 1.29 is 9.13 Å². The number of methoxy groups -OCH3 is 1. The van der Waals surface area contributed by atoms with Crippen LogP contribution in [0, 0.1) is 12.7 Å². The first kappa shape index (κ1) is 12.6. The molecule has 96 valence electrons. The van der Waals surface area contributed by atoms with Gasteiger partial charge in [-0.15, -0.1) is 0 Å². The summed E-state index contributed by atoms with van der Waals surface area (Å²) in [5, 5.41) is 3.16. The first-order valence-electron chi connectivity index (χ1n) is 5.75. The number of anilines is 1. The third-order valence-corrected chi connectivity index (χ3v) is 2.65. The third-order valence-electron chi connectivity index (χ3n) is 2.65. The SMILES string of the molecule is COCCNc1nccn1-c1ccc(F)c(C)c1. The van der Waals surface area contributed by atoms with Crippen LogP contribution in [-0.2, 0) is 4.74 Å². The van der Waals surface area contributed by atoms with Crippen molar-refractivity contribution in [2.45, 2.75) is 6.92 Å². The van der Waals surface area contributed by atoms with Gasteiger partial charge in [0.05, 0.1) is 6.61 Å². The largest absolute Gasteiger partial charge is 0.383 e.